The molecule has 10 nitrogen and oxygen atoms in total. The molecule has 2 aliphatic rings. The number of anilines is 1. The molecule has 0 unspecified atom stereocenters. The summed E-state index contributed by atoms with van der Waals surface area (Å²) in [5, 5.41) is 13.5. The molecule has 1 saturated heterocycles. The number of hydrogen-bond acceptors (Lipinski definition) is 8. The van der Waals surface area contributed by atoms with E-state index in [0.29, 0.717) is 11.9 Å². The van der Waals surface area contributed by atoms with Crippen molar-refractivity contribution in [1.82, 2.24) is 25.3 Å². The van der Waals surface area contributed by atoms with Crippen molar-refractivity contribution in [3.8, 4) is 11.5 Å². The second kappa shape index (κ2) is 8.64. The van der Waals surface area contributed by atoms with Crippen molar-refractivity contribution < 1.29 is 19.5 Å². The van der Waals surface area contributed by atoms with Crippen molar-refractivity contribution in [3.05, 3.63) is 41.9 Å². The lowest BCUT2D eigenvalue weighted by atomic mass is 9.97. The highest BCUT2D eigenvalue weighted by atomic mass is 16.7. The van der Waals surface area contributed by atoms with Gasteiger partial charge in [-0.2, -0.15) is 0 Å². The van der Waals surface area contributed by atoms with E-state index >= 15 is 0 Å². The normalized spacial score (nSPS) is 16.0. The molecule has 32 heavy (non-hydrogen) atoms. The third-order valence-corrected chi connectivity index (χ3v) is 6.21. The fraction of sp³-hybridized carbons (Fsp3) is 0.409. The first-order valence-corrected chi connectivity index (χ1v) is 10.7. The largest absolute Gasteiger partial charge is 0.454 e. The van der Waals surface area contributed by atoms with Crippen LogP contribution in [-0.2, 0) is 13.6 Å². The number of piperidine rings is 1. The number of carbonyl (C=O) groups excluding carboxylic acids is 1. The van der Waals surface area contributed by atoms with Crippen LogP contribution in [0.4, 0.5) is 5.95 Å². The Labute approximate surface area is 185 Å². The van der Waals surface area contributed by atoms with E-state index in [1.807, 2.05) is 6.07 Å². The van der Waals surface area contributed by atoms with Crippen LogP contribution in [0.2, 0.25) is 0 Å². The maximum atomic E-state index is 11.4. The van der Waals surface area contributed by atoms with Gasteiger partial charge in [0.05, 0.1) is 11.1 Å². The number of fused-ring (bicyclic) bond motifs is 2. The summed E-state index contributed by atoms with van der Waals surface area (Å²) in [6.07, 6.45) is 7.11. The molecule has 2 aromatic heterocycles. The SMILES string of the molecule is Cn1cc(CNCC2CCN(c3ncc(C(=O)NO)cn3)CC2)c2cc3c(cc21)OCO3. The molecule has 0 radical (unpaired) electrons. The molecule has 0 spiro atoms. The first-order valence-electron chi connectivity index (χ1n) is 10.7. The molecule has 1 aromatic carbocycles. The van der Waals surface area contributed by atoms with Gasteiger partial charge in [-0.3, -0.25) is 10.0 Å². The molecule has 0 bridgehead atoms. The van der Waals surface area contributed by atoms with Crippen LogP contribution in [0, 0.1) is 5.92 Å². The molecule has 168 valence electrons. The van der Waals surface area contributed by atoms with Crippen molar-refractivity contribution in [1.29, 1.82) is 0 Å². The van der Waals surface area contributed by atoms with Crippen LogP contribution in [0.3, 0.4) is 0 Å². The highest BCUT2D eigenvalue weighted by molar-refractivity contribution is 5.92. The van der Waals surface area contributed by atoms with E-state index in [4.69, 9.17) is 14.7 Å². The van der Waals surface area contributed by atoms with Crippen LogP contribution in [0.5, 0.6) is 11.5 Å². The number of aryl methyl sites for hydroxylation is 1. The van der Waals surface area contributed by atoms with E-state index in [2.05, 4.69) is 44.1 Å². The van der Waals surface area contributed by atoms with Crippen molar-refractivity contribution in [2.75, 3.05) is 31.3 Å². The molecule has 3 aromatic rings. The number of hydroxylamine groups is 1. The lowest BCUT2D eigenvalue weighted by molar-refractivity contribution is 0.0705. The highest BCUT2D eigenvalue weighted by Gasteiger charge is 2.22. The van der Waals surface area contributed by atoms with Gasteiger partial charge in [0.15, 0.2) is 11.5 Å². The summed E-state index contributed by atoms with van der Waals surface area (Å²) >= 11 is 0. The average Bonchev–Trinajstić information content (AvgIpc) is 3.41. The fourth-order valence-electron chi connectivity index (χ4n) is 4.41. The van der Waals surface area contributed by atoms with Gasteiger partial charge in [0.2, 0.25) is 12.7 Å². The number of nitrogens with zero attached hydrogens (tertiary/aromatic N) is 4. The molecule has 5 rings (SSSR count). The van der Waals surface area contributed by atoms with Gasteiger partial charge in [0.25, 0.3) is 5.91 Å². The molecule has 3 N–H and O–H groups in total. The summed E-state index contributed by atoms with van der Waals surface area (Å²) < 4.78 is 13.2. The van der Waals surface area contributed by atoms with E-state index in [-0.39, 0.29) is 12.4 Å². The summed E-state index contributed by atoms with van der Waals surface area (Å²) in [6.45, 7) is 3.77. The van der Waals surface area contributed by atoms with Crippen molar-refractivity contribution >= 4 is 22.8 Å². The van der Waals surface area contributed by atoms with Gasteiger partial charge < -0.3 is 24.3 Å². The number of aromatic nitrogens is 3. The fourth-order valence-corrected chi connectivity index (χ4v) is 4.41. The third-order valence-electron chi connectivity index (χ3n) is 6.21. The van der Waals surface area contributed by atoms with Crippen LogP contribution >= 0.6 is 0 Å². The Bertz CT molecular complexity index is 1120. The Kier molecular flexibility index (Phi) is 5.54. The topological polar surface area (TPSA) is 114 Å². The molecular weight excluding hydrogens is 412 g/mol. The van der Waals surface area contributed by atoms with Crippen molar-refractivity contribution in [2.45, 2.75) is 19.4 Å². The Hall–Kier alpha value is -3.37. The lowest BCUT2D eigenvalue weighted by Gasteiger charge is -2.32. The van der Waals surface area contributed by atoms with Crippen molar-refractivity contribution in [2.24, 2.45) is 13.0 Å². The molecule has 2 aliphatic heterocycles. The minimum atomic E-state index is -0.613. The zero-order chi connectivity index (χ0) is 22.1. The van der Waals surface area contributed by atoms with Gasteiger partial charge in [-0.1, -0.05) is 0 Å². The van der Waals surface area contributed by atoms with Crippen LogP contribution in [-0.4, -0.2) is 52.1 Å². The van der Waals surface area contributed by atoms with E-state index in [1.54, 1.807) is 5.48 Å². The number of rotatable bonds is 6. The maximum Gasteiger partial charge on any atom is 0.277 e. The third kappa shape index (κ3) is 3.94. The first kappa shape index (κ1) is 20.5. The Morgan fingerprint density at radius 1 is 1.19 bits per heavy atom. The molecule has 0 atom stereocenters. The number of hydrogen-bond donors (Lipinski definition) is 3. The number of ether oxygens (including phenoxy) is 2. The van der Waals surface area contributed by atoms with Crippen LogP contribution in [0.15, 0.2) is 30.7 Å². The summed E-state index contributed by atoms with van der Waals surface area (Å²) in [5.74, 6) is 2.20. The van der Waals surface area contributed by atoms with Gasteiger partial charge >= 0.3 is 0 Å². The Balaban J connectivity index is 1.14. The molecule has 0 aliphatic carbocycles. The summed E-state index contributed by atoms with van der Waals surface area (Å²) in [7, 11) is 2.05. The molecule has 4 heterocycles. The number of carbonyl (C=O) groups is 1. The Morgan fingerprint density at radius 3 is 2.62 bits per heavy atom. The van der Waals surface area contributed by atoms with Gasteiger partial charge in [-0.05, 0) is 36.9 Å². The van der Waals surface area contributed by atoms with Gasteiger partial charge in [-0.25, -0.2) is 15.4 Å². The van der Waals surface area contributed by atoms with Gasteiger partial charge in [0, 0.05) is 56.7 Å². The first-order chi connectivity index (χ1) is 15.6. The Morgan fingerprint density at radius 2 is 1.91 bits per heavy atom. The molecule has 0 saturated carbocycles. The van der Waals surface area contributed by atoms with Gasteiger partial charge in [0.1, 0.15) is 0 Å². The second-order valence-electron chi connectivity index (χ2n) is 8.26. The molecule has 1 fully saturated rings. The summed E-state index contributed by atoms with van der Waals surface area (Å²) in [4.78, 5) is 22.0. The quantitative estimate of drug-likeness (QED) is 0.395. The molecule has 1 amide bonds. The maximum absolute atomic E-state index is 11.4. The van der Waals surface area contributed by atoms with Crippen LogP contribution in [0.25, 0.3) is 10.9 Å². The zero-order valence-electron chi connectivity index (χ0n) is 17.9. The molecule has 10 heteroatoms. The average molecular weight is 438 g/mol. The lowest BCUT2D eigenvalue weighted by Crippen LogP contribution is -2.38. The van der Waals surface area contributed by atoms with E-state index in [0.717, 1.165) is 56.0 Å². The highest BCUT2D eigenvalue weighted by Crippen LogP contribution is 2.37. The minimum Gasteiger partial charge on any atom is -0.454 e. The van der Waals surface area contributed by atoms with Crippen molar-refractivity contribution in [3.63, 3.8) is 0 Å². The van der Waals surface area contributed by atoms with Crippen LogP contribution in [0.1, 0.15) is 28.8 Å². The zero-order valence-corrected chi connectivity index (χ0v) is 17.9. The minimum absolute atomic E-state index is 0.229. The number of benzene rings is 1. The van der Waals surface area contributed by atoms with Gasteiger partial charge in [-0.15, -0.1) is 0 Å². The predicted molar refractivity (Wildman–Crippen MR) is 117 cm³/mol. The summed E-state index contributed by atoms with van der Waals surface area (Å²) in [6, 6.07) is 4.12. The second-order valence-corrected chi connectivity index (χ2v) is 8.26. The predicted octanol–water partition coefficient (Wildman–Crippen LogP) is 1.82. The smallest absolute Gasteiger partial charge is 0.277 e. The standard InChI is InChI=1S/C22H26N6O4/c1-27-12-16(17-6-19-20(7-18(17)27)32-13-31-19)9-23-8-14-2-4-28(5-3-14)22-24-10-15(11-25-22)21(29)26-30/h6-7,10-12,14,23,30H,2-5,8-9,13H2,1H3,(H,26,29). The van der Waals surface area contributed by atoms with Crippen LogP contribution < -0.4 is 25.2 Å². The summed E-state index contributed by atoms with van der Waals surface area (Å²) in [5.41, 5.74) is 4.21. The van der Waals surface area contributed by atoms with E-state index in [9.17, 15) is 4.79 Å². The van der Waals surface area contributed by atoms with E-state index in [1.165, 1.54) is 23.3 Å². The number of amides is 1. The monoisotopic (exact) mass is 438 g/mol. The molecular formula is C22H26N6O4. The van der Waals surface area contributed by atoms with E-state index < -0.39 is 5.91 Å². The number of nitrogens with one attached hydrogen (secondary N) is 2.